The summed E-state index contributed by atoms with van der Waals surface area (Å²) in [7, 11) is 2.72. The standard InChI is InChI=1S/C26H20Cl2N2O7/c1-35-18-11-9-15(19(26(33)34)22(18)36-2)21-20-23(37-30(21)13-6-4-3-5-7-13)25(32)29(24(20)31)14-8-10-16(27)17(28)12-14/h3-12,20-21,23H,1-2H3,(H,33,34)/t20-,21-,23-/m1/s1. The van der Waals surface area contributed by atoms with Crippen LogP contribution in [-0.4, -0.2) is 43.2 Å². The molecule has 3 atom stereocenters. The molecule has 0 saturated carbocycles. The van der Waals surface area contributed by atoms with E-state index in [1.165, 1.54) is 43.5 Å². The van der Waals surface area contributed by atoms with Gasteiger partial charge >= 0.3 is 5.97 Å². The second-order valence-corrected chi connectivity index (χ2v) is 9.15. The number of carbonyl (C=O) groups excluding carboxylic acids is 2. The van der Waals surface area contributed by atoms with Crippen LogP contribution in [-0.2, 0) is 14.4 Å². The van der Waals surface area contributed by atoms with Gasteiger partial charge in [0.1, 0.15) is 11.5 Å². The number of rotatable bonds is 6. The summed E-state index contributed by atoms with van der Waals surface area (Å²) < 4.78 is 10.7. The van der Waals surface area contributed by atoms with Crippen molar-refractivity contribution in [3.8, 4) is 11.5 Å². The summed E-state index contributed by atoms with van der Waals surface area (Å²) in [5.74, 6) is -3.34. The number of aromatic carboxylic acids is 1. The Morgan fingerprint density at radius 1 is 0.919 bits per heavy atom. The van der Waals surface area contributed by atoms with Gasteiger partial charge in [-0.3, -0.25) is 14.4 Å². The molecule has 0 radical (unpaired) electrons. The number of imide groups is 1. The maximum absolute atomic E-state index is 13.8. The Balaban J connectivity index is 1.69. The van der Waals surface area contributed by atoms with E-state index in [2.05, 4.69) is 0 Å². The number of benzene rings is 3. The van der Waals surface area contributed by atoms with E-state index in [1.54, 1.807) is 36.4 Å². The minimum atomic E-state index is -1.29. The number of anilines is 2. The molecule has 2 amide bonds. The number of hydrogen-bond acceptors (Lipinski definition) is 7. The van der Waals surface area contributed by atoms with E-state index in [0.717, 1.165) is 4.90 Å². The van der Waals surface area contributed by atoms with Crippen LogP contribution in [0.1, 0.15) is 22.0 Å². The third-order valence-electron chi connectivity index (χ3n) is 6.40. The predicted octanol–water partition coefficient (Wildman–Crippen LogP) is 4.76. The highest BCUT2D eigenvalue weighted by Crippen LogP contribution is 2.50. The average Bonchev–Trinajstić information content (AvgIpc) is 3.40. The van der Waals surface area contributed by atoms with Crippen LogP contribution in [0, 0.1) is 5.92 Å². The zero-order valence-corrected chi connectivity index (χ0v) is 21.1. The molecule has 2 heterocycles. The Labute approximate surface area is 221 Å². The average molecular weight is 543 g/mol. The van der Waals surface area contributed by atoms with Crippen LogP contribution in [0.5, 0.6) is 11.5 Å². The first-order chi connectivity index (χ1) is 17.8. The van der Waals surface area contributed by atoms with Crippen molar-refractivity contribution in [1.29, 1.82) is 0 Å². The number of methoxy groups -OCH3 is 2. The molecule has 0 spiro atoms. The highest BCUT2D eigenvalue weighted by Gasteiger charge is 2.61. The molecule has 1 N–H and O–H groups in total. The lowest BCUT2D eigenvalue weighted by Crippen LogP contribution is -2.37. The number of amides is 2. The number of fused-ring (bicyclic) bond motifs is 1. The fourth-order valence-electron chi connectivity index (χ4n) is 4.82. The highest BCUT2D eigenvalue weighted by atomic mass is 35.5. The molecule has 11 heteroatoms. The first-order valence-electron chi connectivity index (χ1n) is 11.1. The first kappa shape index (κ1) is 24.9. The molecule has 0 aliphatic carbocycles. The van der Waals surface area contributed by atoms with Gasteiger partial charge in [-0.15, -0.1) is 0 Å². The topological polar surface area (TPSA) is 106 Å². The van der Waals surface area contributed by atoms with E-state index in [1.807, 2.05) is 0 Å². The Morgan fingerprint density at radius 3 is 2.27 bits per heavy atom. The molecule has 3 aromatic rings. The smallest absolute Gasteiger partial charge is 0.339 e. The van der Waals surface area contributed by atoms with Crippen molar-refractivity contribution in [1.82, 2.24) is 0 Å². The quantitative estimate of drug-likeness (QED) is 0.444. The Morgan fingerprint density at radius 2 is 1.65 bits per heavy atom. The maximum Gasteiger partial charge on any atom is 0.339 e. The molecule has 5 rings (SSSR count). The van der Waals surface area contributed by atoms with Crippen LogP contribution in [0.15, 0.2) is 60.7 Å². The van der Waals surface area contributed by atoms with Crippen LogP contribution in [0.3, 0.4) is 0 Å². The number of hydroxylamine groups is 1. The summed E-state index contributed by atoms with van der Waals surface area (Å²) in [5.41, 5.74) is 0.789. The van der Waals surface area contributed by atoms with E-state index in [4.69, 9.17) is 37.5 Å². The fourth-order valence-corrected chi connectivity index (χ4v) is 5.11. The summed E-state index contributed by atoms with van der Waals surface area (Å²) in [6.45, 7) is 0. The van der Waals surface area contributed by atoms with E-state index in [-0.39, 0.29) is 38.4 Å². The molecule has 3 aromatic carbocycles. The fraction of sp³-hybridized carbons (Fsp3) is 0.192. The highest BCUT2D eigenvalue weighted by molar-refractivity contribution is 6.42. The van der Waals surface area contributed by atoms with Crippen molar-refractivity contribution in [2.75, 3.05) is 24.2 Å². The number of hydrogen-bond donors (Lipinski definition) is 1. The lowest BCUT2D eigenvalue weighted by atomic mass is 9.87. The van der Waals surface area contributed by atoms with Gasteiger partial charge in [0.25, 0.3) is 5.91 Å². The van der Waals surface area contributed by atoms with Crippen molar-refractivity contribution < 1.29 is 33.8 Å². The molecule has 2 fully saturated rings. The molecule has 0 unspecified atom stereocenters. The summed E-state index contributed by atoms with van der Waals surface area (Å²) >= 11 is 12.2. The van der Waals surface area contributed by atoms with Crippen LogP contribution >= 0.6 is 23.2 Å². The number of carboxylic acids is 1. The lowest BCUT2D eigenvalue weighted by Gasteiger charge is -2.30. The normalized spacial score (nSPS) is 20.8. The molecule has 37 heavy (non-hydrogen) atoms. The van der Waals surface area contributed by atoms with Gasteiger partial charge in [0.15, 0.2) is 17.6 Å². The number of carboxylic acid groups (broad SMARTS) is 1. The molecule has 2 aliphatic rings. The van der Waals surface area contributed by atoms with Gasteiger partial charge in [0, 0.05) is 0 Å². The van der Waals surface area contributed by atoms with Gasteiger partial charge in [-0.1, -0.05) is 47.5 Å². The van der Waals surface area contributed by atoms with E-state index < -0.39 is 35.8 Å². The lowest BCUT2D eigenvalue weighted by molar-refractivity contribution is -0.126. The van der Waals surface area contributed by atoms with E-state index in [0.29, 0.717) is 5.69 Å². The summed E-state index contributed by atoms with van der Waals surface area (Å²) in [6.07, 6.45) is -1.21. The largest absolute Gasteiger partial charge is 0.493 e. The minimum absolute atomic E-state index is 0.0120. The van der Waals surface area contributed by atoms with Gasteiger partial charge in [0.2, 0.25) is 5.91 Å². The van der Waals surface area contributed by atoms with Crippen LogP contribution < -0.4 is 19.4 Å². The van der Waals surface area contributed by atoms with E-state index >= 15 is 0 Å². The number of para-hydroxylation sites is 1. The number of carbonyl (C=O) groups is 3. The van der Waals surface area contributed by atoms with Gasteiger partial charge < -0.3 is 14.6 Å². The maximum atomic E-state index is 13.8. The molecule has 190 valence electrons. The monoisotopic (exact) mass is 542 g/mol. The van der Waals surface area contributed by atoms with Gasteiger partial charge in [-0.05, 0) is 42.0 Å². The molecule has 0 bridgehead atoms. The second kappa shape index (κ2) is 9.59. The Kier molecular flexibility index (Phi) is 6.45. The molecule has 2 saturated heterocycles. The van der Waals surface area contributed by atoms with Crippen LogP contribution in [0.4, 0.5) is 11.4 Å². The van der Waals surface area contributed by atoms with Crippen molar-refractivity contribution in [2.45, 2.75) is 12.1 Å². The van der Waals surface area contributed by atoms with E-state index in [9.17, 15) is 19.5 Å². The second-order valence-electron chi connectivity index (χ2n) is 8.34. The van der Waals surface area contributed by atoms with Gasteiger partial charge in [-0.2, -0.15) is 0 Å². The SMILES string of the molecule is COc1ccc([C@@H]2[C@H]3C(=O)N(c4ccc(Cl)c(Cl)c4)C(=O)[C@@H]3ON2c2ccccc2)c(C(=O)O)c1OC. The zero-order chi connectivity index (χ0) is 26.4. The third kappa shape index (κ3) is 3.96. The third-order valence-corrected chi connectivity index (χ3v) is 7.14. The predicted molar refractivity (Wildman–Crippen MR) is 135 cm³/mol. The summed E-state index contributed by atoms with van der Waals surface area (Å²) in [5, 5.41) is 12.0. The molecular weight excluding hydrogens is 523 g/mol. The van der Waals surface area contributed by atoms with Crippen molar-refractivity contribution >= 4 is 52.4 Å². The molecular formula is C26H20Cl2N2O7. The Hall–Kier alpha value is -3.79. The van der Waals surface area contributed by atoms with Crippen molar-refractivity contribution in [3.05, 3.63) is 81.8 Å². The van der Waals surface area contributed by atoms with Gasteiger partial charge in [0.05, 0.1) is 41.7 Å². The molecule has 9 nitrogen and oxygen atoms in total. The summed E-state index contributed by atoms with van der Waals surface area (Å²) in [4.78, 5) is 46.9. The van der Waals surface area contributed by atoms with Crippen molar-refractivity contribution in [3.63, 3.8) is 0 Å². The van der Waals surface area contributed by atoms with Crippen molar-refractivity contribution in [2.24, 2.45) is 5.92 Å². The first-order valence-corrected chi connectivity index (χ1v) is 11.9. The Bertz CT molecular complexity index is 1420. The summed E-state index contributed by atoms with van der Waals surface area (Å²) in [6, 6.07) is 15.3. The van der Waals surface area contributed by atoms with Gasteiger partial charge in [-0.25, -0.2) is 14.8 Å². The zero-order valence-electron chi connectivity index (χ0n) is 19.6. The van der Waals surface area contributed by atoms with Crippen LogP contribution in [0.2, 0.25) is 10.0 Å². The molecule has 0 aromatic heterocycles. The molecule has 2 aliphatic heterocycles. The number of halogens is 2. The number of ether oxygens (including phenoxy) is 2. The minimum Gasteiger partial charge on any atom is -0.493 e. The van der Waals surface area contributed by atoms with Crippen LogP contribution in [0.25, 0.3) is 0 Å². The number of nitrogens with zero attached hydrogens (tertiary/aromatic N) is 2.